The highest BCUT2D eigenvalue weighted by molar-refractivity contribution is 9.10. The molecule has 1 nitrogen and oxygen atoms in total. The van der Waals surface area contributed by atoms with Crippen LogP contribution in [0.4, 0.5) is 17.6 Å². The summed E-state index contributed by atoms with van der Waals surface area (Å²) in [6, 6.07) is 0. The topological polar surface area (TPSA) is 9.23 Å². The number of methoxy groups -OCH3 is 1. The molecule has 0 saturated heterocycles. The molecule has 0 aromatic carbocycles. The molecule has 9 heavy (non-hydrogen) atoms. The first-order valence-corrected chi connectivity index (χ1v) is 2.60. The van der Waals surface area contributed by atoms with Crippen molar-refractivity contribution in [1.29, 1.82) is 0 Å². The van der Waals surface area contributed by atoms with Crippen molar-refractivity contribution < 1.29 is 22.3 Å². The van der Waals surface area contributed by atoms with E-state index in [0.717, 1.165) is 0 Å². The summed E-state index contributed by atoms with van der Waals surface area (Å²) in [5.41, 5.74) is 0. The zero-order valence-corrected chi connectivity index (χ0v) is 5.88. The van der Waals surface area contributed by atoms with Crippen LogP contribution in [-0.4, -0.2) is 18.1 Å². The monoisotopic (exact) mass is 210 g/mol. The second-order valence-corrected chi connectivity index (χ2v) is 2.24. The molecule has 0 aliphatic rings. The Morgan fingerprint density at radius 3 is 1.56 bits per heavy atom. The molecule has 0 aliphatic heterocycles. The summed E-state index contributed by atoms with van der Waals surface area (Å²) >= 11 is 1.69. The summed E-state index contributed by atoms with van der Waals surface area (Å²) in [5, 5.41) is 0. The van der Waals surface area contributed by atoms with E-state index in [9.17, 15) is 17.6 Å². The molecule has 1 unspecified atom stereocenters. The molecular weight excluding hydrogens is 208 g/mol. The maximum Gasteiger partial charge on any atom is 0.459 e. The van der Waals surface area contributed by atoms with Crippen LogP contribution in [0.15, 0.2) is 0 Å². The average Bonchev–Trinajstić information content (AvgIpc) is 1.64. The Labute approximate surface area is 57.1 Å². The minimum absolute atomic E-state index is 0.613. The van der Waals surface area contributed by atoms with Gasteiger partial charge in [-0.3, -0.25) is 0 Å². The molecular formula is C3H3BrF4O. The SMILES string of the molecule is COC(F)(Br)C(F)(F)F. The molecule has 0 saturated carbocycles. The molecule has 0 aromatic rings. The van der Waals surface area contributed by atoms with E-state index in [1.165, 1.54) is 0 Å². The van der Waals surface area contributed by atoms with E-state index in [2.05, 4.69) is 4.74 Å². The molecule has 0 fully saturated rings. The number of alkyl halides is 5. The van der Waals surface area contributed by atoms with Gasteiger partial charge in [0.1, 0.15) is 0 Å². The molecule has 0 heterocycles. The molecule has 56 valence electrons. The van der Waals surface area contributed by atoms with Gasteiger partial charge in [-0.2, -0.15) is 17.6 Å². The van der Waals surface area contributed by atoms with Crippen molar-refractivity contribution in [2.45, 2.75) is 10.9 Å². The average molecular weight is 211 g/mol. The highest BCUT2D eigenvalue weighted by Crippen LogP contribution is 2.39. The van der Waals surface area contributed by atoms with Crippen molar-refractivity contribution >= 4 is 15.9 Å². The first kappa shape index (κ1) is 9.16. The number of halogens is 5. The van der Waals surface area contributed by atoms with Gasteiger partial charge in [0.2, 0.25) is 0 Å². The van der Waals surface area contributed by atoms with E-state index in [-0.39, 0.29) is 0 Å². The van der Waals surface area contributed by atoms with Crippen LogP contribution in [-0.2, 0) is 4.74 Å². The number of rotatable bonds is 1. The number of hydrogen-bond acceptors (Lipinski definition) is 1. The zero-order valence-electron chi connectivity index (χ0n) is 4.30. The summed E-state index contributed by atoms with van der Waals surface area (Å²) in [7, 11) is 0.613. The van der Waals surface area contributed by atoms with Crippen LogP contribution in [0.2, 0.25) is 0 Å². The van der Waals surface area contributed by atoms with E-state index in [1.807, 2.05) is 0 Å². The van der Waals surface area contributed by atoms with Gasteiger partial charge in [-0.15, -0.1) is 0 Å². The molecule has 0 bridgehead atoms. The Morgan fingerprint density at radius 1 is 1.22 bits per heavy atom. The Kier molecular flexibility index (Phi) is 2.46. The lowest BCUT2D eigenvalue weighted by Gasteiger charge is -2.18. The lowest BCUT2D eigenvalue weighted by molar-refractivity contribution is -0.273. The third kappa shape index (κ3) is 2.09. The van der Waals surface area contributed by atoms with Crippen molar-refractivity contribution in [1.82, 2.24) is 0 Å². The summed E-state index contributed by atoms with van der Waals surface area (Å²) in [6.07, 6.45) is -5.03. The first-order chi connectivity index (χ1) is 3.81. The predicted molar refractivity (Wildman–Crippen MR) is 25.8 cm³/mol. The normalized spacial score (nSPS) is 19.3. The van der Waals surface area contributed by atoms with Crippen LogP contribution in [0.25, 0.3) is 0 Å². The number of hydrogen-bond donors (Lipinski definition) is 0. The fourth-order valence-corrected chi connectivity index (χ4v) is 0.116. The maximum absolute atomic E-state index is 11.9. The fraction of sp³-hybridized carbons (Fsp3) is 1.00. The van der Waals surface area contributed by atoms with Gasteiger partial charge >= 0.3 is 10.9 Å². The van der Waals surface area contributed by atoms with Gasteiger partial charge in [-0.1, -0.05) is 0 Å². The Morgan fingerprint density at radius 2 is 1.56 bits per heavy atom. The molecule has 0 amide bonds. The van der Waals surface area contributed by atoms with E-state index in [1.54, 1.807) is 15.9 Å². The highest BCUT2D eigenvalue weighted by atomic mass is 79.9. The smallest absolute Gasteiger partial charge is 0.334 e. The zero-order chi connectivity index (χ0) is 7.71. The van der Waals surface area contributed by atoms with E-state index < -0.39 is 10.9 Å². The summed E-state index contributed by atoms with van der Waals surface area (Å²) in [6.45, 7) is 0. The molecule has 6 heteroatoms. The van der Waals surface area contributed by atoms with E-state index in [0.29, 0.717) is 7.11 Å². The first-order valence-electron chi connectivity index (χ1n) is 1.81. The van der Waals surface area contributed by atoms with Crippen molar-refractivity contribution in [2.75, 3.05) is 7.11 Å². The van der Waals surface area contributed by atoms with Gasteiger partial charge in [0, 0.05) is 7.11 Å². The van der Waals surface area contributed by atoms with Gasteiger partial charge in [-0.05, 0) is 15.9 Å². The Hall–Kier alpha value is 0.160. The van der Waals surface area contributed by atoms with Crippen LogP contribution in [0.5, 0.6) is 0 Å². The van der Waals surface area contributed by atoms with Crippen LogP contribution >= 0.6 is 15.9 Å². The molecule has 1 atom stereocenters. The third-order valence-electron chi connectivity index (χ3n) is 0.586. The van der Waals surface area contributed by atoms with E-state index in [4.69, 9.17) is 0 Å². The predicted octanol–water partition coefficient (Wildman–Crippen LogP) is 2.21. The Bertz CT molecular complexity index is 98.5. The summed E-state index contributed by atoms with van der Waals surface area (Å²) in [5.74, 6) is 0. The van der Waals surface area contributed by atoms with Crippen LogP contribution in [0.1, 0.15) is 0 Å². The minimum Gasteiger partial charge on any atom is -0.334 e. The van der Waals surface area contributed by atoms with Gasteiger partial charge in [0.25, 0.3) is 0 Å². The van der Waals surface area contributed by atoms with Crippen LogP contribution < -0.4 is 0 Å². The van der Waals surface area contributed by atoms with E-state index >= 15 is 0 Å². The standard InChI is InChI=1S/C3H3BrF4O/c1-9-2(4,5)3(6,7)8/h1H3. The number of ether oxygens (including phenoxy) is 1. The van der Waals surface area contributed by atoms with Gasteiger partial charge in [-0.25, -0.2) is 0 Å². The second-order valence-electron chi connectivity index (χ2n) is 1.22. The van der Waals surface area contributed by atoms with Gasteiger partial charge < -0.3 is 4.74 Å². The lowest BCUT2D eigenvalue weighted by atomic mass is 10.7. The third-order valence-corrected chi connectivity index (χ3v) is 1.36. The fourth-order valence-electron chi connectivity index (χ4n) is 0.116. The molecule has 0 radical (unpaired) electrons. The summed E-state index contributed by atoms with van der Waals surface area (Å²) < 4.78 is 45.5. The summed E-state index contributed by atoms with van der Waals surface area (Å²) in [4.78, 5) is 0. The molecule has 0 aromatic heterocycles. The highest BCUT2D eigenvalue weighted by Gasteiger charge is 2.55. The Balaban J connectivity index is 4.14. The van der Waals surface area contributed by atoms with Gasteiger partial charge in [0.05, 0.1) is 0 Å². The molecule has 0 rings (SSSR count). The van der Waals surface area contributed by atoms with Crippen LogP contribution in [0.3, 0.4) is 0 Å². The molecule has 0 aliphatic carbocycles. The second kappa shape index (κ2) is 2.42. The maximum atomic E-state index is 11.9. The van der Waals surface area contributed by atoms with Crippen molar-refractivity contribution in [2.24, 2.45) is 0 Å². The molecule has 0 spiro atoms. The molecule has 0 N–H and O–H groups in total. The quantitative estimate of drug-likeness (QED) is 0.477. The minimum atomic E-state index is -5.03. The largest absolute Gasteiger partial charge is 0.459 e. The van der Waals surface area contributed by atoms with Gasteiger partial charge in [0.15, 0.2) is 0 Å². The lowest BCUT2D eigenvalue weighted by Crippen LogP contribution is -2.36. The van der Waals surface area contributed by atoms with Crippen molar-refractivity contribution in [3.05, 3.63) is 0 Å². The van der Waals surface area contributed by atoms with Crippen molar-refractivity contribution in [3.8, 4) is 0 Å². The van der Waals surface area contributed by atoms with Crippen molar-refractivity contribution in [3.63, 3.8) is 0 Å². The van der Waals surface area contributed by atoms with Crippen LogP contribution in [0, 0.1) is 0 Å².